The lowest BCUT2D eigenvalue weighted by molar-refractivity contribution is 0.102. The lowest BCUT2D eigenvalue weighted by Gasteiger charge is -2.24. The fourth-order valence-electron chi connectivity index (χ4n) is 2.27. The largest absolute Gasteiger partial charge is 0.405 e. The number of rotatable bonds is 2. The van der Waals surface area contributed by atoms with Crippen molar-refractivity contribution in [3.63, 3.8) is 0 Å². The zero-order valence-electron chi connectivity index (χ0n) is 13.5. The van der Waals surface area contributed by atoms with Gasteiger partial charge in [0.2, 0.25) is 0 Å². The van der Waals surface area contributed by atoms with Gasteiger partial charge in [0.15, 0.2) is 0 Å². The van der Waals surface area contributed by atoms with E-state index >= 15 is 0 Å². The van der Waals surface area contributed by atoms with Gasteiger partial charge < -0.3 is 10.8 Å². The van der Waals surface area contributed by atoms with E-state index in [4.69, 9.17) is 5.73 Å². The van der Waals surface area contributed by atoms with Gasteiger partial charge in [0, 0.05) is 17.1 Å². The highest BCUT2D eigenvalue weighted by Crippen LogP contribution is 2.29. The van der Waals surface area contributed by atoms with Crippen LogP contribution in [0.1, 0.15) is 32.4 Å². The molecule has 0 aliphatic rings. The summed E-state index contributed by atoms with van der Waals surface area (Å²) in [7, 11) is 0. The normalized spacial score (nSPS) is 12.8. The minimum absolute atomic E-state index is 0. The highest BCUT2D eigenvalue weighted by atomic mass is 16.3. The van der Waals surface area contributed by atoms with E-state index in [0.717, 1.165) is 22.0 Å². The van der Waals surface area contributed by atoms with E-state index in [0.29, 0.717) is 0 Å². The molecule has 0 aliphatic carbocycles. The molecule has 0 aliphatic heterocycles. The van der Waals surface area contributed by atoms with Crippen molar-refractivity contribution in [1.82, 2.24) is 4.98 Å². The third-order valence-electron chi connectivity index (χ3n) is 3.68. The maximum absolute atomic E-state index is 10.8. The second-order valence-corrected chi connectivity index (χ2v) is 5.38. The van der Waals surface area contributed by atoms with E-state index in [-0.39, 0.29) is 7.43 Å². The summed E-state index contributed by atoms with van der Waals surface area (Å²) in [6.07, 6.45) is 5.02. The SMILES string of the molecule is C.CC(O)(c1ccccc1)c1cnc2ccccc2c1.CC=CN. The smallest absolute Gasteiger partial charge is 0.113 e. The van der Waals surface area contributed by atoms with Crippen molar-refractivity contribution in [1.29, 1.82) is 0 Å². The van der Waals surface area contributed by atoms with Gasteiger partial charge in [-0.1, -0.05) is 62.0 Å². The highest BCUT2D eigenvalue weighted by Gasteiger charge is 2.25. The van der Waals surface area contributed by atoms with Gasteiger partial charge in [0.25, 0.3) is 0 Å². The van der Waals surface area contributed by atoms with Crippen molar-refractivity contribution < 1.29 is 5.11 Å². The number of aliphatic hydroxyl groups is 1. The van der Waals surface area contributed by atoms with Crippen molar-refractivity contribution in [2.45, 2.75) is 26.9 Å². The zero-order chi connectivity index (χ0) is 16.7. The van der Waals surface area contributed by atoms with Crippen molar-refractivity contribution in [2.24, 2.45) is 5.73 Å². The quantitative estimate of drug-likeness (QED) is 0.724. The first-order valence-corrected chi connectivity index (χ1v) is 7.55. The number of fused-ring (bicyclic) bond motifs is 1. The molecular weight excluding hydrogens is 296 g/mol. The van der Waals surface area contributed by atoms with Gasteiger partial charge in [-0.15, -0.1) is 0 Å². The van der Waals surface area contributed by atoms with Gasteiger partial charge in [-0.05, 0) is 37.7 Å². The molecule has 0 saturated heterocycles. The van der Waals surface area contributed by atoms with E-state index in [9.17, 15) is 5.11 Å². The number of pyridine rings is 1. The number of hydrogen-bond donors (Lipinski definition) is 2. The first-order valence-electron chi connectivity index (χ1n) is 7.55. The average Bonchev–Trinajstić information content (AvgIpc) is 2.62. The van der Waals surface area contributed by atoms with E-state index in [1.54, 1.807) is 19.2 Å². The Kier molecular flexibility index (Phi) is 7.15. The molecule has 0 saturated carbocycles. The summed E-state index contributed by atoms with van der Waals surface area (Å²) in [5, 5.41) is 11.8. The molecule has 126 valence electrons. The summed E-state index contributed by atoms with van der Waals surface area (Å²) in [6, 6.07) is 19.6. The van der Waals surface area contributed by atoms with Crippen LogP contribution < -0.4 is 5.73 Å². The molecule has 3 heteroatoms. The molecule has 24 heavy (non-hydrogen) atoms. The lowest BCUT2D eigenvalue weighted by atomic mass is 9.89. The molecule has 3 nitrogen and oxygen atoms in total. The van der Waals surface area contributed by atoms with E-state index in [1.807, 2.05) is 67.6 Å². The predicted molar refractivity (Wildman–Crippen MR) is 103 cm³/mol. The van der Waals surface area contributed by atoms with Crippen molar-refractivity contribution in [2.75, 3.05) is 0 Å². The van der Waals surface area contributed by atoms with Crippen LogP contribution in [-0.2, 0) is 5.60 Å². The molecule has 0 spiro atoms. The van der Waals surface area contributed by atoms with Crippen molar-refractivity contribution in [3.8, 4) is 0 Å². The Morgan fingerprint density at radius 3 is 2.21 bits per heavy atom. The van der Waals surface area contributed by atoms with Crippen LogP contribution in [0.2, 0.25) is 0 Å². The van der Waals surface area contributed by atoms with E-state index < -0.39 is 5.60 Å². The zero-order valence-corrected chi connectivity index (χ0v) is 13.5. The first-order chi connectivity index (χ1) is 11.1. The Labute approximate surface area is 144 Å². The van der Waals surface area contributed by atoms with Crippen molar-refractivity contribution in [3.05, 3.63) is 90.3 Å². The Hall–Kier alpha value is -2.65. The third-order valence-corrected chi connectivity index (χ3v) is 3.68. The fourth-order valence-corrected chi connectivity index (χ4v) is 2.27. The number of benzene rings is 2. The maximum Gasteiger partial charge on any atom is 0.113 e. The van der Waals surface area contributed by atoms with Gasteiger partial charge in [0.05, 0.1) is 5.52 Å². The molecule has 1 heterocycles. The second kappa shape index (κ2) is 8.85. The summed E-state index contributed by atoms with van der Waals surface area (Å²) in [5.74, 6) is 0. The molecule has 0 fully saturated rings. The second-order valence-electron chi connectivity index (χ2n) is 5.38. The van der Waals surface area contributed by atoms with Crippen LogP contribution in [0, 0.1) is 0 Å². The fraction of sp³-hybridized carbons (Fsp3) is 0.190. The molecule has 2 aromatic carbocycles. The third kappa shape index (κ3) is 4.43. The number of allylic oxidation sites excluding steroid dienone is 1. The van der Waals surface area contributed by atoms with Crippen LogP contribution in [0.4, 0.5) is 0 Å². The van der Waals surface area contributed by atoms with Crippen LogP contribution in [0.25, 0.3) is 10.9 Å². The molecule has 1 atom stereocenters. The molecule has 1 unspecified atom stereocenters. The topological polar surface area (TPSA) is 59.1 Å². The molecule has 1 aromatic heterocycles. The molecule has 0 amide bonds. The van der Waals surface area contributed by atoms with Gasteiger partial charge in [-0.25, -0.2) is 0 Å². The molecule has 3 N–H and O–H groups in total. The van der Waals surface area contributed by atoms with E-state index in [2.05, 4.69) is 4.98 Å². The van der Waals surface area contributed by atoms with Crippen LogP contribution in [0.15, 0.2) is 79.1 Å². The molecule has 3 aromatic rings. The minimum Gasteiger partial charge on any atom is -0.405 e. The van der Waals surface area contributed by atoms with Crippen molar-refractivity contribution >= 4 is 10.9 Å². The Morgan fingerprint density at radius 1 is 1.00 bits per heavy atom. The first kappa shape index (κ1) is 19.4. The molecule has 0 radical (unpaired) electrons. The lowest BCUT2D eigenvalue weighted by Crippen LogP contribution is -2.22. The number of para-hydroxylation sites is 1. The van der Waals surface area contributed by atoms with Crippen LogP contribution in [0.5, 0.6) is 0 Å². The summed E-state index contributed by atoms with van der Waals surface area (Å²) in [6.45, 7) is 3.67. The van der Waals surface area contributed by atoms with Gasteiger partial charge in [-0.2, -0.15) is 0 Å². The van der Waals surface area contributed by atoms with Crippen LogP contribution >= 0.6 is 0 Å². The number of hydrogen-bond acceptors (Lipinski definition) is 3. The minimum atomic E-state index is -1.03. The molecule has 0 bridgehead atoms. The summed E-state index contributed by atoms with van der Waals surface area (Å²) >= 11 is 0. The summed E-state index contributed by atoms with van der Waals surface area (Å²) in [5.41, 5.74) is 6.43. The van der Waals surface area contributed by atoms with Gasteiger partial charge in [-0.3, -0.25) is 4.98 Å². The van der Waals surface area contributed by atoms with Crippen LogP contribution in [0.3, 0.4) is 0 Å². The predicted octanol–water partition coefficient (Wildman–Crippen LogP) is 4.61. The Bertz CT molecular complexity index is 776. The summed E-state index contributed by atoms with van der Waals surface area (Å²) < 4.78 is 0. The maximum atomic E-state index is 10.8. The number of nitrogens with zero attached hydrogens (tertiary/aromatic N) is 1. The molecular formula is C21H26N2O. The van der Waals surface area contributed by atoms with Gasteiger partial charge >= 0.3 is 0 Å². The monoisotopic (exact) mass is 322 g/mol. The number of nitrogens with two attached hydrogens (primary N) is 1. The standard InChI is InChI=1S/C17H15NO.C3H7N.CH4/c1-17(19,14-8-3-2-4-9-14)15-11-13-7-5-6-10-16(13)18-12-15;1-2-3-4;/h2-12,19H,1H3;2-3H,4H2,1H3;1H4. The van der Waals surface area contributed by atoms with Gasteiger partial charge in [0.1, 0.15) is 5.60 Å². The highest BCUT2D eigenvalue weighted by molar-refractivity contribution is 5.79. The average molecular weight is 322 g/mol. The molecule has 3 rings (SSSR count). The Morgan fingerprint density at radius 2 is 1.58 bits per heavy atom. The summed E-state index contributed by atoms with van der Waals surface area (Å²) in [4.78, 5) is 4.41. The van der Waals surface area contributed by atoms with E-state index in [1.165, 1.54) is 6.20 Å². The Balaban J connectivity index is 0.000000522. The number of aromatic nitrogens is 1. The van der Waals surface area contributed by atoms with Crippen LogP contribution in [-0.4, -0.2) is 10.1 Å².